The quantitative estimate of drug-likeness (QED) is 0.453. The van der Waals surface area contributed by atoms with Gasteiger partial charge in [0.1, 0.15) is 5.52 Å². The van der Waals surface area contributed by atoms with Crippen LogP contribution in [0.5, 0.6) is 0 Å². The fourth-order valence-electron chi connectivity index (χ4n) is 2.94. The number of aromatic amines is 1. The Balaban J connectivity index is 1.67. The number of Topliss-reactive ketones (excluding diaryl/α,β-unsaturated/α-hetero) is 1. The van der Waals surface area contributed by atoms with Crippen LogP contribution in [0, 0.1) is 6.92 Å². The number of H-pyrrole nitrogens is 1. The van der Waals surface area contributed by atoms with Crippen LogP contribution < -0.4 is 4.57 Å². The highest BCUT2D eigenvalue weighted by Crippen LogP contribution is 2.23. The zero-order valence-corrected chi connectivity index (χ0v) is 12.9. The maximum absolute atomic E-state index is 12.4. The van der Waals surface area contributed by atoms with Crippen molar-refractivity contribution >= 4 is 27.6 Å². The molecule has 0 fully saturated rings. The van der Waals surface area contributed by atoms with Crippen molar-refractivity contribution in [3.8, 4) is 0 Å². The molecule has 2 aromatic carbocycles. The van der Waals surface area contributed by atoms with Crippen LogP contribution in [-0.4, -0.2) is 10.8 Å². The molecule has 4 rings (SSSR count). The number of pyridine rings is 1. The second-order valence-electron chi connectivity index (χ2n) is 5.90. The summed E-state index contributed by atoms with van der Waals surface area (Å²) in [6.45, 7) is 2.36. The van der Waals surface area contributed by atoms with E-state index in [1.165, 1.54) is 10.8 Å². The van der Waals surface area contributed by atoms with E-state index in [1.54, 1.807) is 0 Å². The number of carbonyl (C=O) groups excluding carboxylic acids is 1. The molecule has 0 aliphatic carbocycles. The monoisotopic (exact) mass is 301 g/mol. The smallest absolute Gasteiger partial charge is 0.227 e. The number of ketones is 1. The first-order valence-electron chi connectivity index (χ1n) is 7.70. The number of aromatic nitrogens is 2. The molecule has 23 heavy (non-hydrogen) atoms. The SMILES string of the molecule is Cc1ccc(C(=O)C[n+]2ccc3c(c2)[nH]c2ccccc23)cc1. The van der Waals surface area contributed by atoms with Gasteiger partial charge in [0, 0.05) is 27.9 Å². The number of para-hydroxylation sites is 1. The van der Waals surface area contributed by atoms with Gasteiger partial charge in [-0.2, -0.15) is 4.57 Å². The molecule has 0 bridgehead atoms. The highest BCUT2D eigenvalue weighted by molar-refractivity contribution is 6.06. The summed E-state index contributed by atoms with van der Waals surface area (Å²) in [6.07, 6.45) is 3.97. The van der Waals surface area contributed by atoms with E-state index in [0.717, 1.165) is 22.2 Å². The van der Waals surface area contributed by atoms with Gasteiger partial charge in [0.15, 0.2) is 12.4 Å². The van der Waals surface area contributed by atoms with E-state index in [2.05, 4.69) is 23.2 Å². The molecule has 1 N–H and O–H groups in total. The number of hydrogen-bond donors (Lipinski definition) is 1. The molecular weight excluding hydrogens is 284 g/mol. The summed E-state index contributed by atoms with van der Waals surface area (Å²) in [4.78, 5) is 15.8. The number of rotatable bonds is 3. The minimum atomic E-state index is 0.116. The third-order valence-electron chi connectivity index (χ3n) is 4.20. The van der Waals surface area contributed by atoms with Crippen LogP contribution in [0.25, 0.3) is 21.8 Å². The summed E-state index contributed by atoms with van der Waals surface area (Å²) in [5, 5.41) is 2.39. The van der Waals surface area contributed by atoms with Crippen LogP contribution in [0.1, 0.15) is 15.9 Å². The van der Waals surface area contributed by atoms with Crippen LogP contribution in [-0.2, 0) is 6.54 Å². The number of fused-ring (bicyclic) bond motifs is 3. The van der Waals surface area contributed by atoms with Gasteiger partial charge in [-0.15, -0.1) is 0 Å². The first-order valence-corrected chi connectivity index (χ1v) is 7.70. The van der Waals surface area contributed by atoms with Gasteiger partial charge in [0.2, 0.25) is 12.3 Å². The van der Waals surface area contributed by atoms with E-state index in [4.69, 9.17) is 0 Å². The van der Waals surface area contributed by atoms with Crippen molar-refractivity contribution in [1.29, 1.82) is 0 Å². The van der Waals surface area contributed by atoms with Gasteiger partial charge in [-0.3, -0.25) is 4.79 Å². The zero-order chi connectivity index (χ0) is 15.8. The van der Waals surface area contributed by atoms with E-state index >= 15 is 0 Å². The predicted molar refractivity (Wildman–Crippen MR) is 91.5 cm³/mol. The lowest BCUT2D eigenvalue weighted by Gasteiger charge is -1.99. The Bertz CT molecular complexity index is 1010. The fourth-order valence-corrected chi connectivity index (χ4v) is 2.94. The molecule has 0 amide bonds. The number of hydrogen-bond acceptors (Lipinski definition) is 1. The van der Waals surface area contributed by atoms with E-state index in [-0.39, 0.29) is 5.78 Å². The number of carbonyl (C=O) groups is 1. The molecule has 3 nitrogen and oxygen atoms in total. The van der Waals surface area contributed by atoms with E-state index in [9.17, 15) is 4.79 Å². The molecule has 0 spiro atoms. The van der Waals surface area contributed by atoms with Gasteiger partial charge in [-0.05, 0) is 13.0 Å². The second-order valence-corrected chi connectivity index (χ2v) is 5.90. The number of aryl methyl sites for hydroxylation is 1. The highest BCUT2D eigenvalue weighted by atomic mass is 16.1. The van der Waals surface area contributed by atoms with Crippen molar-refractivity contribution in [2.75, 3.05) is 0 Å². The minimum Gasteiger partial charge on any atom is -0.350 e. The largest absolute Gasteiger partial charge is 0.350 e. The molecule has 3 heteroatoms. The molecule has 2 aromatic heterocycles. The first kappa shape index (κ1) is 13.7. The summed E-state index contributed by atoms with van der Waals surface area (Å²) >= 11 is 0. The first-order chi connectivity index (χ1) is 11.2. The lowest BCUT2D eigenvalue weighted by molar-refractivity contribution is -0.681. The minimum absolute atomic E-state index is 0.116. The summed E-state index contributed by atoms with van der Waals surface area (Å²) in [7, 11) is 0. The summed E-state index contributed by atoms with van der Waals surface area (Å²) in [5.41, 5.74) is 4.07. The molecule has 112 valence electrons. The Labute approximate surface area is 134 Å². The molecule has 0 aliphatic rings. The van der Waals surface area contributed by atoms with Gasteiger partial charge in [0.25, 0.3) is 0 Å². The van der Waals surface area contributed by atoms with Crippen molar-refractivity contribution in [2.24, 2.45) is 0 Å². The van der Waals surface area contributed by atoms with Crippen LogP contribution in [0.3, 0.4) is 0 Å². The summed E-state index contributed by atoms with van der Waals surface area (Å²) < 4.78 is 1.93. The normalized spacial score (nSPS) is 11.2. The van der Waals surface area contributed by atoms with E-state index in [1.807, 2.05) is 60.3 Å². The maximum Gasteiger partial charge on any atom is 0.227 e. The summed E-state index contributed by atoms with van der Waals surface area (Å²) in [6, 6.07) is 18.0. The van der Waals surface area contributed by atoms with Crippen LogP contribution in [0.15, 0.2) is 67.0 Å². The fraction of sp³-hybridized carbons (Fsp3) is 0.100. The van der Waals surface area contributed by atoms with Gasteiger partial charge in [-0.25, -0.2) is 0 Å². The lowest BCUT2D eigenvalue weighted by atomic mass is 10.1. The Morgan fingerprint density at radius 2 is 1.70 bits per heavy atom. The average molecular weight is 301 g/mol. The molecule has 2 heterocycles. The summed E-state index contributed by atoms with van der Waals surface area (Å²) in [5.74, 6) is 0.116. The zero-order valence-electron chi connectivity index (χ0n) is 12.9. The Kier molecular flexibility index (Phi) is 3.19. The third-order valence-corrected chi connectivity index (χ3v) is 4.20. The van der Waals surface area contributed by atoms with Gasteiger partial charge < -0.3 is 4.98 Å². The van der Waals surface area contributed by atoms with E-state index in [0.29, 0.717) is 6.54 Å². The third kappa shape index (κ3) is 2.50. The maximum atomic E-state index is 12.4. The van der Waals surface area contributed by atoms with Gasteiger partial charge >= 0.3 is 0 Å². The van der Waals surface area contributed by atoms with Crippen LogP contribution in [0.2, 0.25) is 0 Å². The van der Waals surface area contributed by atoms with Crippen LogP contribution >= 0.6 is 0 Å². The Hall–Kier alpha value is -2.94. The van der Waals surface area contributed by atoms with E-state index < -0.39 is 0 Å². The van der Waals surface area contributed by atoms with Crippen molar-refractivity contribution in [2.45, 2.75) is 13.5 Å². The second kappa shape index (κ2) is 5.36. The highest BCUT2D eigenvalue weighted by Gasteiger charge is 2.14. The Morgan fingerprint density at radius 3 is 2.52 bits per heavy atom. The van der Waals surface area contributed by atoms with Gasteiger partial charge in [0.05, 0.1) is 0 Å². The van der Waals surface area contributed by atoms with Crippen LogP contribution in [0.4, 0.5) is 0 Å². The van der Waals surface area contributed by atoms with Crippen molar-refractivity contribution in [3.05, 3.63) is 78.1 Å². The van der Waals surface area contributed by atoms with Gasteiger partial charge in [-0.1, -0.05) is 48.0 Å². The Morgan fingerprint density at radius 1 is 0.957 bits per heavy atom. The predicted octanol–water partition coefficient (Wildman–Crippen LogP) is 3.80. The molecule has 0 unspecified atom stereocenters. The standard InChI is InChI=1S/C20H16N2O/c1-14-6-8-15(9-7-14)20(23)13-22-11-10-17-16-4-2-3-5-18(16)21-19(17)12-22/h2-12H,13H2,1H3/p+1. The molecular formula is C20H17N2O+. The molecule has 0 aliphatic heterocycles. The topological polar surface area (TPSA) is 36.7 Å². The van der Waals surface area contributed by atoms with Crippen molar-refractivity contribution < 1.29 is 9.36 Å². The number of nitrogens with one attached hydrogen (secondary N) is 1. The molecule has 4 aromatic rings. The average Bonchev–Trinajstić information content (AvgIpc) is 2.93. The molecule has 0 saturated carbocycles. The molecule has 0 atom stereocenters. The molecule has 0 saturated heterocycles. The number of benzene rings is 2. The number of nitrogens with zero attached hydrogens (tertiary/aromatic N) is 1. The van der Waals surface area contributed by atoms with Crippen molar-refractivity contribution in [3.63, 3.8) is 0 Å². The molecule has 0 radical (unpaired) electrons. The van der Waals surface area contributed by atoms with Crippen molar-refractivity contribution in [1.82, 2.24) is 4.98 Å². The lowest BCUT2D eigenvalue weighted by Crippen LogP contribution is -2.37.